The molecule has 1 N–H and O–H groups in total. The summed E-state index contributed by atoms with van der Waals surface area (Å²) in [5.41, 5.74) is 4.60. The molecule has 6 nitrogen and oxygen atoms in total. The van der Waals surface area contributed by atoms with Gasteiger partial charge in [-0.05, 0) is 39.4 Å². The van der Waals surface area contributed by atoms with Crippen LogP contribution in [0.15, 0.2) is 6.33 Å². The second-order valence-corrected chi connectivity index (χ2v) is 9.75. The third-order valence-electron chi connectivity index (χ3n) is 5.26. The first-order valence-corrected chi connectivity index (χ1v) is 10.7. The maximum Gasteiger partial charge on any atom is 0.147 e. The van der Waals surface area contributed by atoms with Crippen molar-refractivity contribution < 1.29 is 4.74 Å². The van der Waals surface area contributed by atoms with Crippen molar-refractivity contribution in [2.45, 2.75) is 52.2 Å². The Hall–Kier alpha value is -1.83. The first kappa shape index (κ1) is 19.5. The van der Waals surface area contributed by atoms with Gasteiger partial charge in [0.15, 0.2) is 0 Å². The molecule has 0 bridgehead atoms. The highest BCUT2D eigenvalue weighted by molar-refractivity contribution is 7.26. The van der Waals surface area contributed by atoms with Crippen LogP contribution in [-0.2, 0) is 17.8 Å². The van der Waals surface area contributed by atoms with E-state index in [9.17, 15) is 0 Å². The molecule has 0 fully saturated rings. The van der Waals surface area contributed by atoms with Crippen molar-refractivity contribution in [1.82, 2.24) is 19.9 Å². The Bertz CT molecular complexity index is 1020. The quantitative estimate of drug-likeness (QED) is 0.694. The molecule has 4 rings (SSSR count). The fourth-order valence-corrected chi connectivity index (χ4v) is 4.96. The van der Waals surface area contributed by atoms with E-state index >= 15 is 0 Å². The first-order valence-electron chi connectivity index (χ1n) is 9.88. The largest absolute Gasteiger partial charge is 0.370 e. The molecule has 28 heavy (non-hydrogen) atoms. The normalized spacial score (nSPS) is 16.3. The van der Waals surface area contributed by atoms with Crippen molar-refractivity contribution in [3.8, 4) is 0 Å². The van der Waals surface area contributed by atoms with E-state index in [0.717, 1.165) is 46.1 Å². The zero-order valence-electron chi connectivity index (χ0n) is 17.6. The smallest absolute Gasteiger partial charge is 0.147 e. The van der Waals surface area contributed by atoms with Gasteiger partial charge in [-0.15, -0.1) is 11.3 Å². The minimum Gasteiger partial charge on any atom is -0.370 e. The zero-order chi connectivity index (χ0) is 20.1. The van der Waals surface area contributed by atoms with E-state index in [1.165, 1.54) is 16.5 Å². The summed E-state index contributed by atoms with van der Waals surface area (Å²) in [6, 6.07) is 0. The van der Waals surface area contributed by atoms with Crippen molar-refractivity contribution >= 4 is 37.6 Å². The molecule has 4 heterocycles. The highest BCUT2D eigenvalue weighted by atomic mass is 32.1. The number of pyridine rings is 1. The molecule has 1 aliphatic rings. The van der Waals surface area contributed by atoms with Gasteiger partial charge in [0.1, 0.15) is 17.0 Å². The lowest BCUT2D eigenvalue weighted by Gasteiger charge is -2.33. The number of nitrogens with zero attached hydrogens (tertiary/aromatic N) is 4. The highest BCUT2D eigenvalue weighted by Crippen LogP contribution is 2.43. The maximum atomic E-state index is 6.13. The predicted octanol–water partition coefficient (Wildman–Crippen LogP) is 4.19. The van der Waals surface area contributed by atoms with Crippen LogP contribution in [0.3, 0.4) is 0 Å². The number of fused-ring (bicyclic) bond motifs is 5. The maximum absolute atomic E-state index is 6.13. The molecule has 0 aliphatic carbocycles. The number of thiophene rings is 1. The Morgan fingerprint density at radius 1 is 1.25 bits per heavy atom. The minimum atomic E-state index is -0.177. The van der Waals surface area contributed by atoms with Gasteiger partial charge < -0.3 is 15.0 Å². The average Bonchev–Trinajstić information content (AvgIpc) is 2.99. The molecular formula is C21H29N5OS. The number of aromatic nitrogens is 3. The molecule has 0 radical (unpaired) electrons. The van der Waals surface area contributed by atoms with E-state index in [-0.39, 0.29) is 5.60 Å². The van der Waals surface area contributed by atoms with Crippen molar-refractivity contribution in [3.63, 3.8) is 0 Å². The Labute approximate surface area is 170 Å². The van der Waals surface area contributed by atoms with Crippen LogP contribution in [0.2, 0.25) is 0 Å². The molecule has 0 saturated heterocycles. The Morgan fingerprint density at radius 3 is 2.75 bits per heavy atom. The number of hydrogen-bond acceptors (Lipinski definition) is 7. The summed E-state index contributed by atoms with van der Waals surface area (Å²) in [5, 5.41) is 4.67. The lowest BCUT2D eigenvalue weighted by molar-refractivity contribution is -0.0402. The van der Waals surface area contributed by atoms with Gasteiger partial charge in [0, 0.05) is 30.5 Å². The Balaban J connectivity index is 1.91. The Kier molecular flexibility index (Phi) is 5.02. The van der Waals surface area contributed by atoms with Crippen LogP contribution in [0.25, 0.3) is 20.4 Å². The second-order valence-electron chi connectivity index (χ2n) is 8.75. The number of anilines is 1. The molecule has 7 heteroatoms. The summed E-state index contributed by atoms with van der Waals surface area (Å²) in [5.74, 6) is 1.26. The summed E-state index contributed by atoms with van der Waals surface area (Å²) in [6.45, 7) is 11.1. The van der Waals surface area contributed by atoms with Gasteiger partial charge in [0.2, 0.25) is 0 Å². The standard InChI is InChI=1S/C21H29N5OS/c1-12(2)16-14-10-27-21(3,4)9-13(14)15-17-18(28-20(15)25-16)19(24-11-23-17)22-7-8-26(5)6/h11-12H,7-10H2,1-6H3,(H,22,23,24). The third-order valence-corrected chi connectivity index (χ3v) is 6.34. The van der Waals surface area contributed by atoms with Gasteiger partial charge in [-0.1, -0.05) is 13.8 Å². The van der Waals surface area contributed by atoms with Crippen LogP contribution in [-0.4, -0.2) is 52.6 Å². The molecule has 1 aliphatic heterocycles. The number of hydrogen-bond donors (Lipinski definition) is 1. The predicted molar refractivity (Wildman–Crippen MR) is 116 cm³/mol. The molecule has 0 spiro atoms. The fraction of sp³-hybridized carbons (Fsp3) is 0.571. The second kappa shape index (κ2) is 7.21. The van der Waals surface area contributed by atoms with Crippen LogP contribution in [0.5, 0.6) is 0 Å². The highest BCUT2D eigenvalue weighted by Gasteiger charge is 2.32. The third kappa shape index (κ3) is 3.47. The van der Waals surface area contributed by atoms with Crippen molar-refractivity contribution in [1.29, 1.82) is 0 Å². The van der Waals surface area contributed by atoms with Gasteiger partial charge in [-0.25, -0.2) is 15.0 Å². The van der Waals surface area contributed by atoms with Gasteiger partial charge >= 0.3 is 0 Å². The topological polar surface area (TPSA) is 63.2 Å². The molecule has 3 aromatic rings. The zero-order valence-corrected chi connectivity index (χ0v) is 18.4. The summed E-state index contributed by atoms with van der Waals surface area (Å²) >= 11 is 1.70. The molecule has 0 unspecified atom stereocenters. The van der Waals surface area contributed by atoms with Gasteiger partial charge in [0.25, 0.3) is 0 Å². The minimum absolute atomic E-state index is 0.177. The van der Waals surface area contributed by atoms with E-state index in [2.05, 4.69) is 62.0 Å². The Morgan fingerprint density at radius 2 is 2.04 bits per heavy atom. The molecule has 0 atom stereocenters. The van der Waals surface area contributed by atoms with Crippen LogP contribution >= 0.6 is 11.3 Å². The number of ether oxygens (including phenoxy) is 1. The monoisotopic (exact) mass is 399 g/mol. The lowest BCUT2D eigenvalue weighted by atomic mass is 9.87. The number of likely N-dealkylation sites (N-methyl/N-ethyl adjacent to an activating group) is 1. The van der Waals surface area contributed by atoms with E-state index in [4.69, 9.17) is 9.72 Å². The first-order chi connectivity index (χ1) is 13.3. The van der Waals surface area contributed by atoms with E-state index in [1.807, 2.05) is 0 Å². The molecule has 0 amide bonds. The molecule has 0 aromatic carbocycles. The summed E-state index contributed by atoms with van der Waals surface area (Å²) in [4.78, 5) is 17.5. The SMILES string of the molecule is CC(C)c1nc2sc3c(NCCN(C)C)ncnc3c2c2c1COC(C)(C)C2. The van der Waals surface area contributed by atoms with Crippen LogP contribution in [0.1, 0.15) is 50.4 Å². The van der Waals surface area contributed by atoms with E-state index in [1.54, 1.807) is 17.7 Å². The molecule has 3 aromatic heterocycles. The summed E-state index contributed by atoms with van der Waals surface area (Å²) in [7, 11) is 4.15. The number of nitrogens with one attached hydrogen (secondary N) is 1. The van der Waals surface area contributed by atoms with Gasteiger partial charge in [-0.3, -0.25) is 0 Å². The van der Waals surface area contributed by atoms with E-state index < -0.39 is 0 Å². The van der Waals surface area contributed by atoms with Crippen molar-refractivity contribution in [2.24, 2.45) is 0 Å². The molecular weight excluding hydrogens is 370 g/mol. The van der Waals surface area contributed by atoms with Crippen LogP contribution in [0.4, 0.5) is 5.82 Å². The lowest BCUT2D eigenvalue weighted by Crippen LogP contribution is -2.32. The van der Waals surface area contributed by atoms with Gasteiger partial charge in [0.05, 0.1) is 28.1 Å². The van der Waals surface area contributed by atoms with Crippen LogP contribution < -0.4 is 5.32 Å². The van der Waals surface area contributed by atoms with E-state index in [0.29, 0.717) is 12.5 Å². The van der Waals surface area contributed by atoms with Gasteiger partial charge in [-0.2, -0.15) is 0 Å². The molecule has 150 valence electrons. The molecule has 0 saturated carbocycles. The fourth-order valence-electron chi connectivity index (χ4n) is 3.83. The average molecular weight is 400 g/mol. The number of rotatable bonds is 5. The van der Waals surface area contributed by atoms with Crippen molar-refractivity contribution in [3.05, 3.63) is 23.1 Å². The van der Waals surface area contributed by atoms with Crippen LogP contribution in [0, 0.1) is 0 Å². The summed E-state index contributed by atoms with van der Waals surface area (Å²) in [6.07, 6.45) is 2.54. The van der Waals surface area contributed by atoms with Crippen molar-refractivity contribution in [2.75, 3.05) is 32.5 Å². The summed E-state index contributed by atoms with van der Waals surface area (Å²) < 4.78 is 7.23.